The van der Waals surface area contributed by atoms with Crippen molar-refractivity contribution in [2.75, 3.05) is 13.1 Å². The van der Waals surface area contributed by atoms with Crippen LogP contribution < -0.4 is 15.4 Å². The zero-order valence-corrected chi connectivity index (χ0v) is 24.3. The van der Waals surface area contributed by atoms with Gasteiger partial charge in [0.25, 0.3) is 5.91 Å². The summed E-state index contributed by atoms with van der Waals surface area (Å²) >= 11 is 7.34. The molecule has 0 radical (unpaired) electrons. The quantitative estimate of drug-likeness (QED) is 0.279. The number of carbonyl (C=O) groups is 2. The molecule has 1 saturated carbocycles. The molecule has 3 atom stereocenters. The van der Waals surface area contributed by atoms with Crippen LogP contribution in [0.5, 0.6) is 0 Å². The van der Waals surface area contributed by atoms with Crippen molar-refractivity contribution in [1.82, 2.24) is 15.4 Å². The third-order valence-corrected chi connectivity index (χ3v) is 10.1. The molecular weight excluding hydrogens is 561 g/mol. The molecule has 0 spiro atoms. The predicted octanol–water partition coefficient (Wildman–Crippen LogP) is 5.35. The number of fused-ring (bicyclic) bond motifs is 1. The minimum absolute atomic E-state index is 0.0241. The maximum absolute atomic E-state index is 13.3. The Morgan fingerprint density at radius 2 is 1.79 bits per heavy atom. The number of hydrogen-bond acceptors (Lipinski definition) is 5. The molecule has 7 nitrogen and oxygen atoms in total. The van der Waals surface area contributed by atoms with Gasteiger partial charge in [-0.2, -0.15) is 0 Å². The first kappa shape index (κ1) is 29.5. The van der Waals surface area contributed by atoms with Crippen LogP contribution in [0.4, 0.5) is 4.39 Å². The van der Waals surface area contributed by atoms with E-state index >= 15 is 0 Å². The van der Waals surface area contributed by atoms with Crippen LogP contribution in [0.15, 0.2) is 53.4 Å². The Hall–Kier alpha value is -2.53. The van der Waals surface area contributed by atoms with Gasteiger partial charge in [0.2, 0.25) is 15.9 Å². The van der Waals surface area contributed by atoms with Gasteiger partial charge in [-0.1, -0.05) is 50.1 Å². The lowest BCUT2D eigenvalue weighted by Crippen LogP contribution is -2.48. The van der Waals surface area contributed by atoms with Crippen molar-refractivity contribution in [2.45, 2.75) is 50.5 Å². The summed E-state index contributed by atoms with van der Waals surface area (Å²) < 4.78 is 42.4. The molecule has 210 valence electrons. The van der Waals surface area contributed by atoms with Crippen LogP contribution in [-0.2, 0) is 14.8 Å². The molecule has 2 aromatic carbocycles. The number of sulfonamides is 1. The Kier molecular flexibility index (Phi) is 9.64. The van der Waals surface area contributed by atoms with Gasteiger partial charge in [-0.15, -0.1) is 11.3 Å². The Bertz CT molecular complexity index is 1410. The largest absolute Gasteiger partial charge is 0.354 e. The lowest BCUT2D eigenvalue weighted by atomic mass is 9.96. The summed E-state index contributed by atoms with van der Waals surface area (Å²) in [4.78, 5) is 26.5. The van der Waals surface area contributed by atoms with Crippen molar-refractivity contribution in [3.8, 4) is 0 Å². The van der Waals surface area contributed by atoms with Crippen LogP contribution in [0.25, 0.3) is 10.1 Å². The summed E-state index contributed by atoms with van der Waals surface area (Å²) in [6, 6.07) is 12.1. The molecule has 11 heteroatoms. The topological polar surface area (TPSA) is 104 Å². The number of halogens is 2. The van der Waals surface area contributed by atoms with Crippen molar-refractivity contribution >= 4 is 54.9 Å². The second-order valence-electron chi connectivity index (χ2n) is 10.4. The number of nitrogens with one attached hydrogen (secondary N) is 3. The molecule has 2 unspecified atom stereocenters. The molecule has 1 aliphatic rings. The van der Waals surface area contributed by atoms with E-state index in [1.165, 1.54) is 11.3 Å². The number of thiophene rings is 1. The van der Waals surface area contributed by atoms with E-state index < -0.39 is 21.9 Å². The van der Waals surface area contributed by atoms with Gasteiger partial charge >= 0.3 is 0 Å². The summed E-state index contributed by atoms with van der Waals surface area (Å²) in [5.74, 6) is -0.835. The third kappa shape index (κ3) is 7.57. The van der Waals surface area contributed by atoms with E-state index in [2.05, 4.69) is 15.4 Å². The SMILES string of the molecule is CC(C)C[C@H](NC(=O)c1cc2ccccc2s1)C(=O)NCC1CCCC1CNS(=O)(=O)c1ccc(F)cc1Cl. The zero-order chi connectivity index (χ0) is 28.2. The number of rotatable bonds is 11. The van der Waals surface area contributed by atoms with Crippen molar-refractivity contribution in [3.05, 3.63) is 64.2 Å². The molecule has 1 aliphatic carbocycles. The first-order valence-corrected chi connectivity index (χ1v) is 15.7. The standard InChI is InChI=1S/C28H33ClFN3O4S2/c1-17(2)12-23(33-28(35)25-13-18-6-3-4-9-24(18)38-25)27(34)31-15-19-7-5-8-20(19)16-32-39(36,37)26-11-10-21(30)14-22(26)29/h3-4,6,9-11,13-14,17,19-20,23,32H,5,7-8,12,15-16H2,1-2H3,(H,31,34)(H,33,35)/t19?,20?,23-/m0/s1. The predicted molar refractivity (Wildman–Crippen MR) is 153 cm³/mol. The zero-order valence-electron chi connectivity index (χ0n) is 21.9. The lowest BCUT2D eigenvalue weighted by molar-refractivity contribution is -0.123. The van der Waals surface area contributed by atoms with Gasteiger partial charge in [-0.3, -0.25) is 9.59 Å². The van der Waals surface area contributed by atoms with E-state index in [1.807, 2.05) is 44.2 Å². The molecule has 1 fully saturated rings. The maximum Gasteiger partial charge on any atom is 0.262 e. The fourth-order valence-corrected chi connectivity index (χ4v) is 7.61. The molecule has 0 saturated heterocycles. The lowest BCUT2D eigenvalue weighted by Gasteiger charge is -2.24. The van der Waals surface area contributed by atoms with E-state index in [9.17, 15) is 22.4 Å². The first-order chi connectivity index (χ1) is 18.5. The highest BCUT2D eigenvalue weighted by molar-refractivity contribution is 7.89. The Balaban J connectivity index is 1.34. The van der Waals surface area contributed by atoms with Gasteiger partial charge in [-0.05, 0) is 72.7 Å². The van der Waals surface area contributed by atoms with E-state index in [4.69, 9.17) is 11.6 Å². The molecular formula is C28H33ClFN3O4S2. The highest BCUT2D eigenvalue weighted by Gasteiger charge is 2.31. The Labute approximate surface area is 237 Å². The fraction of sp³-hybridized carbons (Fsp3) is 0.429. The van der Waals surface area contributed by atoms with Crippen molar-refractivity contribution in [2.24, 2.45) is 17.8 Å². The van der Waals surface area contributed by atoms with E-state index in [1.54, 1.807) is 0 Å². The van der Waals surface area contributed by atoms with Crippen LogP contribution in [-0.4, -0.2) is 39.4 Å². The fourth-order valence-electron chi connectivity index (χ4n) is 5.02. The number of hydrogen-bond donors (Lipinski definition) is 3. The Morgan fingerprint density at radius 1 is 1.08 bits per heavy atom. The Morgan fingerprint density at radius 3 is 2.49 bits per heavy atom. The van der Waals surface area contributed by atoms with Gasteiger partial charge in [-0.25, -0.2) is 17.5 Å². The first-order valence-electron chi connectivity index (χ1n) is 13.1. The number of carbonyl (C=O) groups excluding carboxylic acids is 2. The normalized spacial score (nSPS) is 18.4. The molecule has 0 aliphatic heterocycles. The van der Waals surface area contributed by atoms with Gasteiger partial charge < -0.3 is 10.6 Å². The second kappa shape index (κ2) is 12.8. The summed E-state index contributed by atoms with van der Waals surface area (Å²) in [5, 5.41) is 6.72. The summed E-state index contributed by atoms with van der Waals surface area (Å²) in [6.45, 7) is 4.57. The minimum Gasteiger partial charge on any atom is -0.354 e. The van der Waals surface area contributed by atoms with E-state index in [0.29, 0.717) is 17.8 Å². The van der Waals surface area contributed by atoms with E-state index in [-0.39, 0.29) is 46.0 Å². The molecule has 1 heterocycles. The summed E-state index contributed by atoms with van der Waals surface area (Å²) in [7, 11) is -3.91. The third-order valence-electron chi connectivity index (χ3n) is 7.05. The summed E-state index contributed by atoms with van der Waals surface area (Å²) in [5.41, 5.74) is 0. The maximum atomic E-state index is 13.3. The highest BCUT2D eigenvalue weighted by atomic mass is 35.5. The number of amides is 2. The van der Waals surface area contributed by atoms with Crippen LogP contribution in [0.1, 0.15) is 49.2 Å². The average Bonchev–Trinajstić information content (AvgIpc) is 3.52. The van der Waals surface area contributed by atoms with E-state index in [0.717, 1.165) is 47.5 Å². The van der Waals surface area contributed by atoms with Gasteiger partial charge in [0.15, 0.2) is 0 Å². The van der Waals surface area contributed by atoms with Crippen molar-refractivity contribution in [1.29, 1.82) is 0 Å². The molecule has 2 amide bonds. The smallest absolute Gasteiger partial charge is 0.262 e. The van der Waals surface area contributed by atoms with Gasteiger partial charge in [0.05, 0.1) is 9.90 Å². The van der Waals surface area contributed by atoms with Crippen LogP contribution in [0.3, 0.4) is 0 Å². The van der Waals surface area contributed by atoms with Crippen LogP contribution >= 0.6 is 22.9 Å². The highest BCUT2D eigenvalue weighted by Crippen LogP contribution is 2.32. The minimum atomic E-state index is -3.91. The molecule has 4 rings (SSSR count). The van der Waals surface area contributed by atoms with Crippen LogP contribution in [0, 0.1) is 23.6 Å². The van der Waals surface area contributed by atoms with Crippen LogP contribution in [0.2, 0.25) is 5.02 Å². The second-order valence-corrected chi connectivity index (χ2v) is 13.7. The van der Waals surface area contributed by atoms with Crippen molar-refractivity contribution < 1.29 is 22.4 Å². The molecule has 3 aromatic rings. The van der Waals surface area contributed by atoms with Gasteiger partial charge in [0.1, 0.15) is 16.8 Å². The van der Waals surface area contributed by atoms with Gasteiger partial charge in [0, 0.05) is 17.8 Å². The van der Waals surface area contributed by atoms with Crippen molar-refractivity contribution in [3.63, 3.8) is 0 Å². The monoisotopic (exact) mass is 593 g/mol. The number of benzene rings is 2. The molecule has 39 heavy (non-hydrogen) atoms. The summed E-state index contributed by atoms with van der Waals surface area (Å²) in [6.07, 6.45) is 3.09. The molecule has 1 aromatic heterocycles. The molecule has 3 N–H and O–H groups in total. The molecule has 0 bridgehead atoms. The average molecular weight is 594 g/mol.